The standard InChI is InChI=1S/C22H21NO3/c1-15(2)16-8-10-17(11-9-16)23-21-14-19(12-13-20(21)22(24)25)26-18-6-4-3-5-7-18/h3-15,23H,1-2H3,(H,24,25). The number of carbonyl (C=O) groups is 1. The highest BCUT2D eigenvalue weighted by molar-refractivity contribution is 5.95. The van der Waals surface area contributed by atoms with E-state index in [-0.39, 0.29) is 5.56 Å². The monoisotopic (exact) mass is 347 g/mol. The molecule has 4 nitrogen and oxygen atoms in total. The first kappa shape index (κ1) is 17.5. The van der Waals surface area contributed by atoms with Gasteiger partial charge in [-0.25, -0.2) is 4.79 Å². The number of anilines is 2. The van der Waals surface area contributed by atoms with Gasteiger partial charge < -0.3 is 15.2 Å². The van der Waals surface area contributed by atoms with Crippen molar-refractivity contribution in [2.75, 3.05) is 5.32 Å². The highest BCUT2D eigenvalue weighted by Gasteiger charge is 2.12. The summed E-state index contributed by atoms with van der Waals surface area (Å²) in [6.07, 6.45) is 0. The smallest absolute Gasteiger partial charge is 0.337 e. The summed E-state index contributed by atoms with van der Waals surface area (Å²) < 4.78 is 5.81. The summed E-state index contributed by atoms with van der Waals surface area (Å²) in [7, 11) is 0. The summed E-state index contributed by atoms with van der Waals surface area (Å²) >= 11 is 0. The summed E-state index contributed by atoms with van der Waals surface area (Å²) in [6.45, 7) is 4.27. The zero-order chi connectivity index (χ0) is 18.5. The first-order chi connectivity index (χ1) is 12.5. The SMILES string of the molecule is CC(C)c1ccc(Nc2cc(Oc3ccccc3)ccc2C(=O)O)cc1. The molecule has 0 amide bonds. The molecule has 0 fully saturated rings. The average molecular weight is 347 g/mol. The molecule has 0 spiro atoms. The fourth-order valence-electron chi connectivity index (χ4n) is 2.61. The lowest BCUT2D eigenvalue weighted by molar-refractivity contribution is 0.0698. The second-order valence-corrected chi connectivity index (χ2v) is 6.33. The molecule has 0 radical (unpaired) electrons. The number of ether oxygens (including phenoxy) is 1. The molecule has 3 rings (SSSR count). The quantitative estimate of drug-likeness (QED) is 0.570. The summed E-state index contributed by atoms with van der Waals surface area (Å²) in [5.41, 5.74) is 2.74. The van der Waals surface area contributed by atoms with E-state index in [4.69, 9.17) is 4.74 Å². The zero-order valence-corrected chi connectivity index (χ0v) is 14.8. The number of carboxylic acids is 1. The van der Waals surface area contributed by atoms with Gasteiger partial charge >= 0.3 is 5.97 Å². The molecule has 2 N–H and O–H groups in total. The number of hydrogen-bond acceptors (Lipinski definition) is 3. The van der Waals surface area contributed by atoms with Gasteiger partial charge in [0.05, 0.1) is 11.3 Å². The highest BCUT2D eigenvalue weighted by atomic mass is 16.5. The average Bonchev–Trinajstić information content (AvgIpc) is 2.63. The van der Waals surface area contributed by atoms with E-state index in [0.29, 0.717) is 23.1 Å². The number of nitrogens with one attached hydrogen (secondary N) is 1. The van der Waals surface area contributed by atoms with Crippen molar-refractivity contribution in [1.29, 1.82) is 0 Å². The molecular weight excluding hydrogens is 326 g/mol. The molecule has 3 aromatic rings. The third-order valence-corrected chi connectivity index (χ3v) is 4.06. The molecule has 0 atom stereocenters. The second kappa shape index (κ2) is 7.74. The molecular formula is C22H21NO3. The number of benzene rings is 3. The summed E-state index contributed by atoms with van der Waals surface area (Å²) in [5, 5.41) is 12.6. The molecule has 132 valence electrons. The lowest BCUT2D eigenvalue weighted by Gasteiger charge is -2.13. The van der Waals surface area contributed by atoms with Crippen molar-refractivity contribution >= 4 is 17.3 Å². The van der Waals surface area contributed by atoms with Crippen LogP contribution in [0, 0.1) is 0 Å². The van der Waals surface area contributed by atoms with Gasteiger partial charge in [-0.2, -0.15) is 0 Å². The Kier molecular flexibility index (Phi) is 5.23. The van der Waals surface area contributed by atoms with Crippen molar-refractivity contribution in [3.8, 4) is 11.5 Å². The van der Waals surface area contributed by atoms with E-state index in [1.165, 1.54) is 5.56 Å². The van der Waals surface area contributed by atoms with Crippen LogP contribution in [0.4, 0.5) is 11.4 Å². The number of aromatic carboxylic acids is 1. The lowest BCUT2D eigenvalue weighted by Crippen LogP contribution is -2.03. The predicted molar refractivity (Wildman–Crippen MR) is 104 cm³/mol. The summed E-state index contributed by atoms with van der Waals surface area (Å²) in [4.78, 5) is 11.5. The normalized spacial score (nSPS) is 10.6. The fraction of sp³-hybridized carbons (Fsp3) is 0.136. The first-order valence-electron chi connectivity index (χ1n) is 8.50. The number of carboxylic acid groups (broad SMARTS) is 1. The molecule has 0 aliphatic rings. The van der Waals surface area contributed by atoms with Crippen LogP contribution in [0.5, 0.6) is 11.5 Å². The Labute approximate surface area is 153 Å². The Morgan fingerprint density at radius 3 is 2.23 bits per heavy atom. The van der Waals surface area contributed by atoms with E-state index >= 15 is 0 Å². The third-order valence-electron chi connectivity index (χ3n) is 4.06. The fourth-order valence-corrected chi connectivity index (χ4v) is 2.61. The molecule has 26 heavy (non-hydrogen) atoms. The van der Waals surface area contributed by atoms with Crippen molar-refractivity contribution in [2.24, 2.45) is 0 Å². The van der Waals surface area contributed by atoms with Crippen molar-refractivity contribution in [1.82, 2.24) is 0 Å². The van der Waals surface area contributed by atoms with Crippen LogP contribution in [-0.4, -0.2) is 11.1 Å². The Bertz CT molecular complexity index is 887. The van der Waals surface area contributed by atoms with E-state index in [2.05, 4.69) is 19.2 Å². The maximum absolute atomic E-state index is 11.5. The minimum atomic E-state index is -0.988. The van der Waals surface area contributed by atoms with Crippen molar-refractivity contribution < 1.29 is 14.6 Å². The molecule has 0 saturated heterocycles. The Morgan fingerprint density at radius 2 is 1.62 bits per heavy atom. The molecule has 0 saturated carbocycles. The van der Waals surface area contributed by atoms with Gasteiger partial charge in [0.1, 0.15) is 11.5 Å². The van der Waals surface area contributed by atoms with E-state index in [0.717, 1.165) is 5.69 Å². The van der Waals surface area contributed by atoms with Crippen LogP contribution in [0.15, 0.2) is 72.8 Å². The van der Waals surface area contributed by atoms with Gasteiger partial charge in [-0.1, -0.05) is 44.2 Å². The van der Waals surface area contributed by atoms with Gasteiger partial charge in [0.2, 0.25) is 0 Å². The third kappa shape index (κ3) is 4.22. The van der Waals surface area contributed by atoms with Crippen LogP contribution in [0.25, 0.3) is 0 Å². The summed E-state index contributed by atoms with van der Waals surface area (Å²) in [6, 6.07) is 22.3. The molecule has 0 bridgehead atoms. The number of rotatable bonds is 6. The maximum atomic E-state index is 11.5. The van der Waals surface area contributed by atoms with Gasteiger partial charge in [-0.15, -0.1) is 0 Å². The van der Waals surface area contributed by atoms with Crippen LogP contribution in [0.2, 0.25) is 0 Å². The van der Waals surface area contributed by atoms with E-state index in [1.54, 1.807) is 18.2 Å². The Morgan fingerprint density at radius 1 is 0.923 bits per heavy atom. The predicted octanol–water partition coefficient (Wildman–Crippen LogP) is 6.04. The first-order valence-corrected chi connectivity index (χ1v) is 8.50. The van der Waals surface area contributed by atoms with Gasteiger partial charge in [0.25, 0.3) is 0 Å². The van der Waals surface area contributed by atoms with Crippen LogP contribution in [-0.2, 0) is 0 Å². The Hall–Kier alpha value is -3.27. The molecule has 0 aliphatic heterocycles. The molecule has 4 heteroatoms. The van der Waals surface area contributed by atoms with Crippen LogP contribution >= 0.6 is 0 Å². The van der Waals surface area contributed by atoms with E-state index in [1.807, 2.05) is 54.6 Å². The van der Waals surface area contributed by atoms with Gasteiger partial charge in [0.15, 0.2) is 0 Å². The van der Waals surface area contributed by atoms with Crippen molar-refractivity contribution in [3.63, 3.8) is 0 Å². The maximum Gasteiger partial charge on any atom is 0.337 e. The second-order valence-electron chi connectivity index (χ2n) is 6.33. The van der Waals surface area contributed by atoms with Crippen molar-refractivity contribution in [2.45, 2.75) is 19.8 Å². The van der Waals surface area contributed by atoms with Crippen LogP contribution in [0.3, 0.4) is 0 Å². The lowest BCUT2D eigenvalue weighted by atomic mass is 10.0. The molecule has 0 aliphatic carbocycles. The van der Waals surface area contributed by atoms with Gasteiger partial charge in [-0.05, 0) is 47.9 Å². The van der Waals surface area contributed by atoms with E-state index < -0.39 is 5.97 Å². The van der Waals surface area contributed by atoms with E-state index in [9.17, 15) is 9.90 Å². The molecule has 0 aromatic heterocycles. The minimum absolute atomic E-state index is 0.193. The molecule has 0 unspecified atom stereocenters. The largest absolute Gasteiger partial charge is 0.478 e. The van der Waals surface area contributed by atoms with Gasteiger partial charge in [0, 0.05) is 11.8 Å². The number of para-hydroxylation sites is 1. The van der Waals surface area contributed by atoms with Crippen molar-refractivity contribution in [3.05, 3.63) is 83.9 Å². The van der Waals surface area contributed by atoms with Crippen LogP contribution < -0.4 is 10.1 Å². The zero-order valence-electron chi connectivity index (χ0n) is 14.8. The van der Waals surface area contributed by atoms with Crippen LogP contribution in [0.1, 0.15) is 35.7 Å². The molecule has 0 heterocycles. The van der Waals surface area contributed by atoms with Gasteiger partial charge in [-0.3, -0.25) is 0 Å². The Balaban J connectivity index is 1.88. The summed E-state index contributed by atoms with van der Waals surface area (Å²) in [5.74, 6) is 0.726. The minimum Gasteiger partial charge on any atom is -0.478 e. The molecule has 3 aromatic carbocycles. The highest BCUT2D eigenvalue weighted by Crippen LogP contribution is 2.29. The number of hydrogen-bond donors (Lipinski definition) is 2. The topological polar surface area (TPSA) is 58.6 Å².